The van der Waals surface area contributed by atoms with E-state index in [1.54, 1.807) is 0 Å². The topological polar surface area (TPSA) is 95.1 Å². The summed E-state index contributed by atoms with van der Waals surface area (Å²) in [5.74, 6) is -1.53. The molecule has 0 aliphatic carbocycles. The Morgan fingerprint density at radius 3 is 2.73 bits per heavy atom. The van der Waals surface area contributed by atoms with E-state index in [9.17, 15) is 19.8 Å². The molecular formula is C22H19N3O4S. The van der Waals surface area contributed by atoms with E-state index in [0.717, 1.165) is 22.5 Å². The molecule has 7 nitrogen and oxygen atoms in total. The number of aromatic carboxylic acids is 1. The summed E-state index contributed by atoms with van der Waals surface area (Å²) in [5, 5.41) is 20.4. The number of aryl methyl sites for hydroxylation is 1. The summed E-state index contributed by atoms with van der Waals surface area (Å²) in [5.41, 5.74) is 2.05. The highest BCUT2D eigenvalue weighted by molar-refractivity contribution is 8.18. The van der Waals surface area contributed by atoms with Crippen LogP contribution in [-0.4, -0.2) is 43.3 Å². The summed E-state index contributed by atoms with van der Waals surface area (Å²) in [7, 11) is 1.96. The van der Waals surface area contributed by atoms with Crippen LogP contribution >= 0.6 is 11.8 Å². The van der Waals surface area contributed by atoms with Gasteiger partial charge in [-0.15, -0.1) is 0 Å². The molecule has 2 aromatic carbocycles. The van der Waals surface area contributed by atoms with E-state index in [0.29, 0.717) is 16.6 Å². The third kappa shape index (κ3) is 3.46. The van der Waals surface area contributed by atoms with Crippen LogP contribution < -0.4 is 0 Å². The van der Waals surface area contributed by atoms with Gasteiger partial charge < -0.3 is 14.8 Å². The minimum absolute atomic E-state index is 0.127. The van der Waals surface area contributed by atoms with E-state index in [4.69, 9.17) is 0 Å². The standard InChI is InChI=1S/C22H19N3O4S/c1-3-25-20(27)19(10-13-12-24(2)18-7-5-4-6-15(13)18)30-22(25)23-17-9-8-14(26)11-16(17)21(28)29/h4-12,26H,3H2,1-2H3,(H,28,29)/b19-10-,23-22?. The fraction of sp³-hybridized carbons (Fsp3) is 0.136. The van der Waals surface area contributed by atoms with Crippen molar-refractivity contribution < 1.29 is 19.8 Å². The second-order valence-electron chi connectivity index (χ2n) is 6.77. The fourth-order valence-corrected chi connectivity index (χ4v) is 4.44. The number of carboxylic acids is 1. The zero-order valence-corrected chi connectivity index (χ0v) is 17.2. The van der Waals surface area contributed by atoms with E-state index in [1.165, 1.54) is 28.8 Å². The Balaban J connectivity index is 1.76. The Labute approximate surface area is 177 Å². The summed E-state index contributed by atoms with van der Waals surface area (Å²) in [6, 6.07) is 11.9. The molecule has 152 valence electrons. The lowest BCUT2D eigenvalue weighted by Gasteiger charge is -2.12. The third-order valence-electron chi connectivity index (χ3n) is 4.85. The Morgan fingerprint density at radius 2 is 2.00 bits per heavy atom. The average molecular weight is 421 g/mol. The molecule has 2 N–H and O–H groups in total. The Bertz CT molecular complexity index is 1240. The van der Waals surface area contributed by atoms with Crippen LogP contribution in [0.4, 0.5) is 5.69 Å². The Hall–Kier alpha value is -3.52. The fourth-order valence-electron chi connectivity index (χ4n) is 3.40. The maximum atomic E-state index is 13.0. The molecule has 0 spiro atoms. The number of carboxylic acid groups (broad SMARTS) is 1. The molecule has 1 aromatic heterocycles. The van der Waals surface area contributed by atoms with Crippen LogP contribution in [0.15, 0.2) is 58.6 Å². The van der Waals surface area contributed by atoms with Crippen molar-refractivity contribution in [2.45, 2.75) is 6.92 Å². The molecule has 0 unspecified atom stereocenters. The zero-order chi connectivity index (χ0) is 21.4. The number of hydrogen-bond donors (Lipinski definition) is 2. The van der Waals surface area contributed by atoms with Crippen molar-refractivity contribution in [1.29, 1.82) is 0 Å². The van der Waals surface area contributed by atoms with Crippen molar-refractivity contribution in [1.82, 2.24) is 9.47 Å². The normalized spacial score (nSPS) is 16.9. The largest absolute Gasteiger partial charge is 0.508 e. The number of carbonyl (C=O) groups excluding carboxylic acids is 1. The van der Waals surface area contributed by atoms with Crippen molar-refractivity contribution >= 4 is 51.5 Å². The van der Waals surface area contributed by atoms with Gasteiger partial charge in [-0.1, -0.05) is 18.2 Å². The quantitative estimate of drug-likeness (QED) is 0.616. The molecule has 2 heterocycles. The molecule has 1 saturated heterocycles. The van der Waals surface area contributed by atoms with Gasteiger partial charge in [0.05, 0.1) is 16.2 Å². The maximum Gasteiger partial charge on any atom is 0.338 e. The highest BCUT2D eigenvalue weighted by Gasteiger charge is 2.32. The van der Waals surface area contributed by atoms with Gasteiger partial charge in [0, 0.05) is 36.3 Å². The zero-order valence-electron chi connectivity index (χ0n) is 16.4. The van der Waals surface area contributed by atoms with Gasteiger partial charge >= 0.3 is 5.97 Å². The molecule has 1 aliphatic heterocycles. The number of para-hydroxylation sites is 1. The Morgan fingerprint density at radius 1 is 1.23 bits per heavy atom. The molecule has 8 heteroatoms. The van der Waals surface area contributed by atoms with Gasteiger partial charge in [-0.05, 0) is 49.0 Å². The third-order valence-corrected chi connectivity index (χ3v) is 5.85. The van der Waals surface area contributed by atoms with Crippen LogP contribution in [0.1, 0.15) is 22.8 Å². The highest BCUT2D eigenvalue weighted by Crippen LogP contribution is 2.36. The number of likely N-dealkylation sites (N-methyl/N-ethyl adjacent to an activating group) is 1. The molecule has 30 heavy (non-hydrogen) atoms. The first-order valence-electron chi connectivity index (χ1n) is 9.29. The van der Waals surface area contributed by atoms with E-state index < -0.39 is 5.97 Å². The van der Waals surface area contributed by atoms with Gasteiger partial charge in [0.25, 0.3) is 5.91 Å². The molecule has 0 saturated carbocycles. The number of rotatable bonds is 4. The number of benzene rings is 2. The smallest absolute Gasteiger partial charge is 0.338 e. The van der Waals surface area contributed by atoms with Gasteiger partial charge in [0.15, 0.2) is 5.17 Å². The first-order chi connectivity index (χ1) is 14.4. The lowest BCUT2D eigenvalue weighted by Crippen LogP contribution is -2.28. The average Bonchev–Trinajstić information content (AvgIpc) is 3.20. The summed E-state index contributed by atoms with van der Waals surface area (Å²) in [4.78, 5) is 30.9. The number of aromatic nitrogens is 1. The van der Waals surface area contributed by atoms with Crippen LogP contribution in [0.2, 0.25) is 0 Å². The number of carbonyl (C=O) groups is 2. The van der Waals surface area contributed by atoms with Gasteiger partial charge in [0.1, 0.15) is 5.75 Å². The predicted octanol–water partition coefficient (Wildman–Crippen LogP) is 4.21. The van der Waals surface area contributed by atoms with Crippen molar-refractivity contribution in [3.8, 4) is 5.75 Å². The highest BCUT2D eigenvalue weighted by atomic mass is 32.2. The molecule has 1 amide bonds. The van der Waals surface area contributed by atoms with E-state index in [-0.39, 0.29) is 22.9 Å². The summed E-state index contributed by atoms with van der Waals surface area (Å²) in [6.07, 6.45) is 3.81. The molecule has 3 aromatic rings. The van der Waals surface area contributed by atoms with Crippen LogP contribution in [0, 0.1) is 0 Å². The molecular weight excluding hydrogens is 402 g/mol. The molecule has 1 aliphatic rings. The van der Waals surface area contributed by atoms with E-state index >= 15 is 0 Å². The number of amides is 1. The number of aromatic hydroxyl groups is 1. The van der Waals surface area contributed by atoms with Gasteiger partial charge in [-0.3, -0.25) is 9.69 Å². The lowest BCUT2D eigenvalue weighted by molar-refractivity contribution is -0.122. The van der Waals surface area contributed by atoms with Crippen molar-refractivity contribution in [3.05, 3.63) is 64.7 Å². The first kappa shape index (κ1) is 19.8. The predicted molar refractivity (Wildman–Crippen MR) is 118 cm³/mol. The van der Waals surface area contributed by atoms with Crippen molar-refractivity contribution in [2.75, 3.05) is 6.54 Å². The number of fused-ring (bicyclic) bond motifs is 1. The van der Waals surface area contributed by atoms with Gasteiger partial charge in [-0.25, -0.2) is 9.79 Å². The second-order valence-corrected chi connectivity index (χ2v) is 7.78. The van der Waals surface area contributed by atoms with Crippen molar-refractivity contribution in [3.63, 3.8) is 0 Å². The Kier molecular flexibility index (Phi) is 5.09. The van der Waals surface area contributed by atoms with Crippen LogP contribution in [-0.2, 0) is 11.8 Å². The number of phenolic OH excluding ortho intramolecular Hbond substituents is 1. The van der Waals surface area contributed by atoms with Crippen LogP contribution in [0.3, 0.4) is 0 Å². The number of aliphatic imine (C=N–C) groups is 1. The van der Waals surface area contributed by atoms with Crippen LogP contribution in [0.5, 0.6) is 5.75 Å². The monoisotopic (exact) mass is 421 g/mol. The molecule has 4 rings (SSSR count). The van der Waals surface area contributed by atoms with Gasteiger partial charge in [-0.2, -0.15) is 0 Å². The number of amidine groups is 1. The number of hydrogen-bond acceptors (Lipinski definition) is 5. The van der Waals surface area contributed by atoms with E-state index in [2.05, 4.69) is 4.99 Å². The minimum atomic E-state index is -1.20. The summed E-state index contributed by atoms with van der Waals surface area (Å²) in [6.45, 7) is 2.24. The van der Waals surface area contributed by atoms with Gasteiger partial charge in [0.2, 0.25) is 0 Å². The molecule has 0 atom stereocenters. The minimum Gasteiger partial charge on any atom is -0.508 e. The van der Waals surface area contributed by atoms with Crippen molar-refractivity contribution in [2.24, 2.45) is 12.0 Å². The first-order valence-corrected chi connectivity index (χ1v) is 10.1. The van der Waals surface area contributed by atoms with E-state index in [1.807, 2.05) is 55.1 Å². The summed E-state index contributed by atoms with van der Waals surface area (Å²) < 4.78 is 2.01. The second kappa shape index (κ2) is 7.72. The number of phenols is 1. The SMILES string of the molecule is CCN1C(=O)/C(=C/c2cn(C)c3ccccc23)SC1=Nc1ccc(O)cc1C(=O)O. The molecule has 1 fully saturated rings. The maximum absolute atomic E-state index is 13.0. The lowest BCUT2D eigenvalue weighted by atomic mass is 10.1. The molecule has 0 radical (unpaired) electrons. The van der Waals surface area contributed by atoms with Crippen LogP contribution in [0.25, 0.3) is 17.0 Å². The number of thioether (sulfide) groups is 1. The molecule has 0 bridgehead atoms. The number of nitrogens with zero attached hydrogens (tertiary/aromatic N) is 3. The summed E-state index contributed by atoms with van der Waals surface area (Å²) >= 11 is 1.21.